The number of hydrogen-bond donors (Lipinski definition) is 2. The average molecular weight is 502 g/mol. The second-order valence-corrected chi connectivity index (χ2v) is 7.44. The Hall–Kier alpha value is -1.42. The summed E-state index contributed by atoms with van der Waals surface area (Å²) in [5.41, 5.74) is 0.590. The van der Waals surface area contributed by atoms with E-state index in [1.54, 1.807) is 20.8 Å². The number of carbonyl (C=O) groups is 2. The van der Waals surface area contributed by atoms with Crippen molar-refractivity contribution in [1.29, 1.82) is 0 Å². The number of likely N-dealkylation sites (N-methyl/N-ethyl adjacent to an activating group) is 1. The van der Waals surface area contributed by atoms with Gasteiger partial charge in [-0.25, -0.2) is 4.79 Å². The first-order valence-corrected chi connectivity index (χ1v) is 9.44. The summed E-state index contributed by atoms with van der Waals surface area (Å²) in [5, 5.41) is 16.8. The molecule has 1 atom stereocenters. The van der Waals surface area contributed by atoms with Crippen LogP contribution in [-0.2, 0) is 53.5 Å². The summed E-state index contributed by atoms with van der Waals surface area (Å²) in [6, 6.07) is 5.59. The molecule has 1 amide bonds. The van der Waals surface area contributed by atoms with Gasteiger partial charge in [0.05, 0.1) is 13.0 Å². The van der Waals surface area contributed by atoms with Crippen LogP contribution >= 0.6 is 0 Å². The largest absolute Gasteiger partial charge is 0.460 e. The summed E-state index contributed by atoms with van der Waals surface area (Å²) in [6.07, 6.45) is -0.0210. The summed E-state index contributed by atoms with van der Waals surface area (Å²) in [6.45, 7) is 9.66. The zero-order valence-electron chi connectivity index (χ0n) is 18.2. The van der Waals surface area contributed by atoms with E-state index in [9.17, 15) is 9.59 Å². The van der Waals surface area contributed by atoms with Crippen LogP contribution in [0.1, 0.15) is 46.6 Å². The number of aliphatic hydroxyl groups is 1. The molecule has 1 aliphatic heterocycles. The minimum absolute atomic E-state index is 0. The maximum Gasteiger partial charge on any atom is 0.441 e. The first kappa shape index (κ1) is 28.6. The Morgan fingerprint density at radius 2 is 1.87 bits per heavy atom. The van der Waals surface area contributed by atoms with Crippen molar-refractivity contribution in [3.05, 3.63) is 23.8 Å². The number of fused-ring (bicyclic) bond motifs is 1. The minimum atomic E-state index is -0.740. The SMILES string of the molecule is CC(C)(C)OC(=O)CCO.CCN(C(=O)OO)C(C)Cc1ccc2c(c1)OCO2.[Y]. The molecule has 1 aliphatic rings. The summed E-state index contributed by atoms with van der Waals surface area (Å²) in [5.74, 6) is 1.10. The normalized spacial score (nSPS) is 12.6. The molecule has 10 heteroatoms. The Morgan fingerprint density at radius 1 is 1.23 bits per heavy atom. The molecular weight excluding hydrogens is 471 g/mol. The van der Waals surface area contributed by atoms with Crippen molar-refractivity contribution in [2.24, 2.45) is 0 Å². The van der Waals surface area contributed by atoms with E-state index in [0.29, 0.717) is 13.0 Å². The predicted octanol–water partition coefficient (Wildman–Crippen LogP) is 2.99. The molecule has 2 rings (SSSR count). The van der Waals surface area contributed by atoms with E-state index in [-0.39, 0.29) is 64.5 Å². The quantitative estimate of drug-likeness (QED) is 0.347. The van der Waals surface area contributed by atoms with Crippen LogP contribution in [0.5, 0.6) is 11.5 Å². The van der Waals surface area contributed by atoms with E-state index in [1.165, 1.54) is 4.90 Å². The van der Waals surface area contributed by atoms with Gasteiger partial charge in [0.2, 0.25) is 6.79 Å². The molecule has 9 nitrogen and oxygen atoms in total. The van der Waals surface area contributed by atoms with E-state index < -0.39 is 11.7 Å². The Morgan fingerprint density at radius 3 is 2.40 bits per heavy atom. The molecule has 0 aromatic heterocycles. The topological polar surface area (TPSA) is 115 Å². The molecule has 2 N–H and O–H groups in total. The van der Waals surface area contributed by atoms with Crippen LogP contribution in [0.4, 0.5) is 4.79 Å². The maximum absolute atomic E-state index is 11.4. The summed E-state index contributed by atoms with van der Waals surface area (Å²) in [7, 11) is 0. The minimum Gasteiger partial charge on any atom is -0.460 e. The van der Waals surface area contributed by atoms with Crippen LogP contribution in [0.25, 0.3) is 0 Å². The van der Waals surface area contributed by atoms with Crippen LogP contribution in [0.2, 0.25) is 0 Å². The Balaban J connectivity index is 0.000000658. The van der Waals surface area contributed by atoms with Gasteiger partial charge < -0.3 is 24.2 Å². The van der Waals surface area contributed by atoms with Crippen molar-refractivity contribution in [3.63, 3.8) is 0 Å². The number of carbonyl (C=O) groups excluding carboxylic acids is 2. The number of aliphatic hydroxyl groups excluding tert-OH is 1. The molecule has 0 saturated carbocycles. The van der Waals surface area contributed by atoms with Crippen LogP contribution in [0, 0.1) is 0 Å². The molecule has 0 fully saturated rings. The van der Waals surface area contributed by atoms with Gasteiger partial charge >= 0.3 is 12.1 Å². The van der Waals surface area contributed by atoms with Gasteiger partial charge in [-0.1, -0.05) is 6.07 Å². The molecule has 1 aromatic rings. The summed E-state index contributed by atoms with van der Waals surface area (Å²) >= 11 is 0. The first-order chi connectivity index (χ1) is 13.6. The van der Waals surface area contributed by atoms with Gasteiger partial charge in [0.25, 0.3) is 0 Å². The fourth-order valence-electron chi connectivity index (χ4n) is 2.68. The molecule has 0 aliphatic carbocycles. The van der Waals surface area contributed by atoms with Crippen molar-refractivity contribution in [3.8, 4) is 11.5 Å². The molecule has 0 spiro atoms. The van der Waals surface area contributed by atoms with Crippen LogP contribution in [0.3, 0.4) is 0 Å². The number of ether oxygens (including phenoxy) is 3. The average Bonchev–Trinajstić information content (AvgIpc) is 3.09. The fourth-order valence-corrected chi connectivity index (χ4v) is 2.68. The zero-order valence-corrected chi connectivity index (χ0v) is 21.1. The molecule has 30 heavy (non-hydrogen) atoms. The van der Waals surface area contributed by atoms with Gasteiger partial charge in [0.15, 0.2) is 11.5 Å². The van der Waals surface area contributed by atoms with E-state index in [4.69, 9.17) is 24.6 Å². The van der Waals surface area contributed by atoms with E-state index in [2.05, 4.69) is 4.89 Å². The Labute approximate surface area is 202 Å². The summed E-state index contributed by atoms with van der Waals surface area (Å²) in [4.78, 5) is 27.3. The molecule has 1 aromatic carbocycles. The van der Waals surface area contributed by atoms with Gasteiger partial charge in [0, 0.05) is 45.3 Å². The third kappa shape index (κ3) is 10.1. The number of esters is 1. The van der Waals surface area contributed by atoms with Crippen molar-refractivity contribution >= 4 is 12.1 Å². The first-order valence-electron chi connectivity index (χ1n) is 9.44. The third-order valence-corrected chi connectivity index (χ3v) is 3.89. The zero-order chi connectivity index (χ0) is 22.0. The van der Waals surface area contributed by atoms with Crippen LogP contribution < -0.4 is 9.47 Å². The van der Waals surface area contributed by atoms with Crippen molar-refractivity contribution in [2.45, 2.75) is 59.1 Å². The molecule has 1 unspecified atom stereocenters. The summed E-state index contributed by atoms with van der Waals surface area (Å²) < 4.78 is 15.4. The fraction of sp³-hybridized carbons (Fsp3) is 0.600. The van der Waals surface area contributed by atoms with Crippen LogP contribution in [0.15, 0.2) is 18.2 Å². The van der Waals surface area contributed by atoms with Crippen molar-refractivity contribution in [2.75, 3.05) is 19.9 Å². The second kappa shape index (κ2) is 13.8. The predicted molar refractivity (Wildman–Crippen MR) is 105 cm³/mol. The van der Waals surface area contributed by atoms with Crippen LogP contribution in [-0.4, -0.2) is 58.9 Å². The van der Waals surface area contributed by atoms with Gasteiger partial charge in [-0.05, 0) is 58.7 Å². The molecule has 1 radical (unpaired) electrons. The molecule has 167 valence electrons. The number of hydrogen-bond acceptors (Lipinski definition) is 8. The van der Waals surface area contributed by atoms with E-state index in [1.807, 2.05) is 32.0 Å². The Kier molecular flexibility index (Phi) is 13.1. The van der Waals surface area contributed by atoms with Crippen molar-refractivity contribution in [1.82, 2.24) is 4.90 Å². The monoisotopic (exact) mass is 502 g/mol. The van der Waals surface area contributed by atoms with E-state index >= 15 is 0 Å². The number of rotatable bonds is 6. The number of nitrogens with zero attached hydrogens (tertiary/aromatic N) is 1. The van der Waals surface area contributed by atoms with Gasteiger partial charge in [0.1, 0.15) is 5.60 Å². The maximum atomic E-state index is 11.4. The second-order valence-electron chi connectivity index (χ2n) is 7.44. The molecular formula is C20H31NO8Y. The van der Waals surface area contributed by atoms with Gasteiger partial charge in [-0.15, -0.1) is 0 Å². The van der Waals surface area contributed by atoms with Gasteiger partial charge in [-0.2, -0.15) is 5.26 Å². The van der Waals surface area contributed by atoms with Gasteiger partial charge in [-0.3, -0.25) is 9.68 Å². The standard InChI is InChI=1S/C13H17NO5.C7H14O3.Y/c1-3-14(13(15)19-16)9(2)6-10-4-5-11-12(7-10)18-8-17-11;1-7(2,3)10-6(9)4-5-8;/h4-5,7,9,16H,3,6,8H2,1-2H3;8H,4-5H2,1-3H3;. The molecule has 0 saturated heterocycles. The molecule has 1 heterocycles. The van der Waals surface area contributed by atoms with Crippen molar-refractivity contribution < 1.29 is 71.8 Å². The third-order valence-electron chi connectivity index (χ3n) is 3.89. The number of amides is 1. The smallest absolute Gasteiger partial charge is 0.441 e. The van der Waals surface area contributed by atoms with E-state index in [0.717, 1.165) is 17.1 Å². The molecule has 0 bridgehead atoms. The Bertz CT molecular complexity index is 677. The number of benzene rings is 1.